The van der Waals surface area contributed by atoms with Crippen LogP contribution < -0.4 is 16.2 Å². The first-order valence-corrected chi connectivity index (χ1v) is 9.62. The van der Waals surface area contributed by atoms with Gasteiger partial charge in [-0.1, -0.05) is 25.7 Å². The number of nitrogens with zero attached hydrogens (tertiary/aromatic N) is 2. The summed E-state index contributed by atoms with van der Waals surface area (Å²) in [4.78, 5) is 0. The molecule has 6 nitrogen and oxygen atoms in total. The first kappa shape index (κ1) is 22.3. The van der Waals surface area contributed by atoms with Crippen LogP contribution in [0.1, 0.15) is 48.2 Å². The number of aromatic amines is 1. The second kappa shape index (κ2) is 8.01. The van der Waals surface area contributed by atoms with Crippen LogP contribution in [0.5, 0.6) is 5.88 Å². The Morgan fingerprint density at radius 1 is 1.29 bits per heavy atom. The molecule has 0 amide bonds. The molecule has 2 heterocycles. The minimum absolute atomic E-state index is 0.0275. The number of alkyl halides is 3. The van der Waals surface area contributed by atoms with Gasteiger partial charge in [0.2, 0.25) is 11.8 Å². The number of rotatable bonds is 3. The summed E-state index contributed by atoms with van der Waals surface area (Å²) in [5.74, 6) is 5.11. The Morgan fingerprint density at radius 3 is 2.58 bits per heavy atom. The predicted molar refractivity (Wildman–Crippen MR) is 108 cm³/mol. The quantitative estimate of drug-likeness (QED) is 0.647. The second-order valence-corrected chi connectivity index (χ2v) is 7.58. The Morgan fingerprint density at radius 2 is 2.00 bits per heavy atom. The van der Waals surface area contributed by atoms with Crippen LogP contribution in [0.25, 0.3) is 0 Å². The molecular formula is C22H22F3N5O. The molecule has 0 saturated carbocycles. The summed E-state index contributed by atoms with van der Waals surface area (Å²) in [5, 5.41) is 16.9. The van der Waals surface area contributed by atoms with Crippen molar-refractivity contribution < 1.29 is 17.9 Å². The van der Waals surface area contributed by atoms with Gasteiger partial charge in [0, 0.05) is 24.2 Å². The van der Waals surface area contributed by atoms with Crippen LogP contribution in [-0.4, -0.2) is 16.7 Å². The minimum Gasteiger partial charge on any atom is -0.420 e. The van der Waals surface area contributed by atoms with Gasteiger partial charge in [0.15, 0.2) is 0 Å². The van der Waals surface area contributed by atoms with E-state index < -0.39 is 17.2 Å². The molecule has 162 valence electrons. The number of nitrogens with two attached hydrogens (primary N) is 2. The number of allylic oxidation sites excluding steroid dienone is 1. The van der Waals surface area contributed by atoms with Crippen molar-refractivity contribution in [3.05, 3.63) is 57.6 Å². The molecule has 31 heavy (non-hydrogen) atoms. The second-order valence-electron chi connectivity index (χ2n) is 7.58. The third kappa shape index (κ3) is 3.62. The van der Waals surface area contributed by atoms with Gasteiger partial charge in [-0.3, -0.25) is 5.10 Å². The number of nitriles is 1. The van der Waals surface area contributed by atoms with Crippen LogP contribution in [-0.2, 0) is 11.6 Å². The standard InChI is InChI=1S/C22H22F3N5O/c1-12(2)21(17(11-27)19(28)31-20-18(21)13(3)29-30-20)15-8-14(6-4-5-7-26)9-16(10-15)22(23,24)25/h8-10,12H,5,7,26,28H2,1-3H3,(H,29,30). The molecule has 0 aliphatic carbocycles. The number of aromatic nitrogens is 2. The van der Waals surface area contributed by atoms with Crippen molar-refractivity contribution in [3.8, 4) is 23.8 Å². The molecule has 1 aliphatic rings. The van der Waals surface area contributed by atoms with E-state index in [1.54, 1.807) is 13.0 Å². The van der Waals surface area contributed by atoms with Crippen molar-refractivity contribution in [2.75, 3.05) is 6.54 Å². The maximum Gasteiger partial charge on any atom is 0.416 e. The monoisotopic (exact) mass is 429 g/mol. The normalized spacial score (nSPS) is 18.2. The van der Waals surface area contributed by atoms with Gasteiger partial charge in [0.25, 0.3) is 0 Å². The van der Waals surface area contributed by atoms with Gasteiger partial charge in [-0.15, -0.1) is 5.10 Å². The Labute approximate surface area is 178 Å². The summed E-state index contributed by atoms with van der Waals surface area (Å²) in [5.41, 5.74) is 10.8. The molecule has 3 rings (SSSR count). The van der Waals surface area contributed by atoms with Crippen LogP contribution in [0.2, 0.25) is 0 Å². The molecule has 9 heteroatoms. The fourth-order valence-electron chi connectivity index (χ4n) is 4.09. The highest BCUT2D eigenvalue weighted by Crippen LogP contribution is 2.53. The molecule has 0 fully saturated rings. The maximum absolute atomic E-state index is 13.8. The van der Waals surface area contributed by atoms with E-state index in [-0.39, 0.29) is 34.4 Å². The fraction of sp³-hybridized carbons (Fsp3) is 0.364. The summed E-state index contributed by atoms with van der Waals surface area (Å²) in [6, 6.07) is 5.66. The number of hydrogen-bond donors (Lipinski definition) is 3. The highest BCUT2D eigenvalue weighted by Gasteiger charge is 2.51. The first-order valence-electron chi connectivity index (χ1n) is 9.62. The zero-order valence-corrected chi connectivity index (χ0v) is 17.3. The number of halogens is 3. The smallest absolute Gasteiger partial charge is 0.416 e. The Balaban J connectivity index is 2.44. The van der Waals surface area contributed by atoms with Gasteiger partial charge in [-0.2, -0.15) is 18.4 Å². The third-order valence-corrected chi connectivity index (χ3v) is 5.35. The molecule has 1 aromatic heterocycles. The van der Waals surface area contributed by atoms with Crippen LogP contribution in [0, 0.1) is 36.0 Å². The topological polar surface area (TPSA) is 114 Å². The number of benzene rings is 1. The average Bonchev–Trinajstić information content (AvgIpc) is 3.06. The summed E-state index contributed by atoms with van der Waals surface area (Å²) < 4.78 is 46.9. The summed E-state index contributed by atoms with van der Waals surface area (Å²) in [6.45, 7) is 5.64. The van der Waals surface area contributed by atoms with E-state index in [1.165, 1.54) is 0 Å². The molecule has 2 aromatic rings. The zero-order chi connectivity index (χ0) is 23.0. The van der Waals surface area contributed by atoms with Crippen molar-refractivity contribution in [2.24, 2.45) is 17.4 Å². The summed E-state index contributed by atoms with van der Waals surface area (Å²) in [7, 11) is 0. The van der Waals surface area contributed by atoms with Gasteiger partial charge in [0.05, 0.1) is 16.5 Å². The SMILES string of the molecule is Cc1[nH]nc2c1C(c1cc(C#CCCN)cc(C(F)(F)F)c1)(C(C)C)C(C#N)=C(N)O2. The average molecular weight is 429 g/mol. The number of H-pyrrole nitrogens is 1. The molecule has 1 unspecified atom stereocenters. The largest absolute Gasteiger partial charge is 0.420 e. The molecule has 5 N–H and O–H groups in total. The van der Waals surface area contributed by atoms with Gasteiger partial charge in [-0.25, -0.2) is 0 Å². The van der Waals surface area contributed by atoms with Crippen LogP contribution >= 0.6 is 0 Å². The number of nitrogens with one attached hydrogen (secondary N) is 1. The number of fused-ring (bicyclic) bond motifs is 1. The van der Waals surface area contributed by atoms with Crippen molar-refractivity contribution in [2.45, 2.75) is 38.8 Å². The molecule has 1 aromatic carbocycles. The lowest BCUT2D eigenvalue weighted by atomic mass is 9.61. The Kier molecular flexibility index (Phi) is 5.75. The first-order chi connectivity index (χ1) is 14.6. The number of aryl methyl sites for hydroxylation is 1. The molecule has 0 spiro atoms. The van der Waals surface area contributed by atoms with E-state index in [9.17, 15) is 18.4 Å². The van der Waals surface area contributed by atoms with Crippen LogP contribution in [0.4, 0.5) is 13.2 Å². The molecule has 0 radical (unpaired) electrons. The van der Waals surface area contributed by atoms with Crippen molar-refractivity contribution in [1.82, 2.24) is 10.2 Å². The van der Waals surface area contributed by atoms with E-state index in [4.69, 9.17) is 16.2 Å². The lowest BCUT2D eigenvalue weighted by molar-refractivity contribution is -0.137. The van der Waals surface area contributed by atoms with Gasteiger partial charge >= 0.3 is 6.18 Å². The lowest BCUT2D eigenvalue weighted by Gasteiger charge is -2.41. The molecule has 1 aliphatic heterocycles. The van der Waals surface area contributed by atoms with Crippen molar-refractivity contribution >= 4 is 0 Å². The predicted octanol–water partition coefficient (Wildman–Crippen LogP) is 3.47. The van der Waals surface area contributed by atoms with E-state index in [0.717, 1.165) is 12.1 Å². The van der Waals surface area contributed by atoms with E-state index >= 15 is 0 Å². The molecule has 1 atom stereocenters. The summed E-state index contributed by atoms with van der Waals surface area (Å²) in [6.07, 6.45) is -4.27. The van der Waals surface area contributed by atoms with Crippen molar-refractivity contribution in [1.29, 1.82) is 5.26 Å². The van der Waals surface area contributed by atoms with Gasteiger partial charge < -0.3 is 16.2 Å². The zero-order valence-electron chi connectivity index (χ0n) is 17.3. The van der Waals surface area contributed by atoms with Crippen LogP contribution in [0.15, 0.2) is 29.7 Å². The van der Waals surface area contributed by atoms with E-state index in [2.05, 4.69) is 28.1 Å². The van der Waals surface area contributed by atoms with E-state index in [0.29, 0.717) is 24.2 Å². The molecular weight excluding hydrogens is 407 g/mol. The fourth-order valence-corrected chi connectivity index (χ4v) is 4.09. The highest BCUT2D eigenvalue weighted by molar-refractivity contribution is 5.63. The molecule has 0 bridgehead atoms. The lowest BCUT2D eigenvalue weighted by Crippen LogP contribution is -2.41. The van der Waals surface area contributed by atoms with Crippen LogP contribution in [0.3, 0.4) is 0 Å². The highest BCUT2D eigenvalue weighted by atomic mass is 19.4. The minimum atomic E-state index is -4.61. The van der Waals surface area contributed by atoms with Gasteiger partial charge in [-0.05, 0) is 36.6 Å². The summed E-state index contributed by atoms with van der Waals surface area (Å²) >= 11 is 0. The maximum atomic E-state index is 13.8. The van der Waals surface area contributed by atoms with Crippen molar-refractivity contribution in [3.63, 3.8) is 0 Å². The number of hydrogen-bond acceptors (Lipinski definition) is 5. The Bertz CT molecular complexity index is 1140. The Hall–Kier alpha value is -3.43. The van der Waals surface area contributed by atoms with E-state index in [1.807, 2.05) is 13.8 Å². The third-order valence-electron chi connectivity index (χ3n) is 5.35. The number of ether oxygens (including phenoxy) is 1. The van der Waals surface area contributed by atoms with Gasteiger partial charge in [0.1, 0.15) is 11.6 Å². The molecule has 0 saturated heterocycles.